The second-order valence-electron chi connectivity index (χ2n) is 6.05. The SMILES string of the molecule is COc1ccc(C)cc1NC(=O)[C@H](C)Sc1nnc(-c2ccncc2)n1C. The van der Waals surface area contributed by atoms with Crippen molar-refractivity contribution in [2.24, 2.45) is 7.05 Å². The maximum absolute atomic E-state index is 12.6. The van der Waals surface area contributed by atoms with Gasteiger partial charge in [-0.1, -0.05) is 17.8 Å². The second kappa shape index (κ2) is 8.22. The van der Waals surface area contributed by atoms with E-state index in [0.29, 0.717) is 16.6 Å². The van der Waals surface area contributed by atoms with Crippen molar-refractivity contribution < 1.29 is 9.53 Å². The summed E-state index contributed by atoms with van der Waals surface area (Å²) in [5.41, 5.74) is 2.63. The molecule has 0 aliphatic carbocycles. The van der Waals surface area contributed by atoms with E-state index in [-0.39, 0.29) is 11.2 Å². The smallest absolute Gasteiger partial charge is 0.237 e. The van der Waals surface area contributed by atoms with Crippen LogP contribution in [0.1, 0.15) is 12.5 Å². The van der Waals surface area contributed by atoms with Crippen LogP contribution in [0, 0.1) is 6.92 Å². The Morgan fingerprint density at radius 2 is 1.96 bits per heavy atom. The molecule has 27 heavy (non-hydrogen) atoms. The maximum Gasteiger partial charge on any atom is 0.237 e. The fourth-order valence-corrected chi connectivity index (χ4v) is 3.35. The molecule has 3 rings (SSSR count). The summed E-state index contributed by atoms with van der Waals surface area (Å²) in [7, 11) is 3.46. The number of aryl methyl sites for hydroxylation is 1. The Morgan fingerprint density at radius 3 is 2.67 bits per heavy atom. The summed E-state index contributed by atoms with van der Waals surface area (Å²) in [6.45, 7) is 3.80. The molecule has 0 spiro atoms. The van der Waals surface area contributed by atoms with Crippen molar-refractivity contribution in [1.82, 2.24) is 19.7 Å². The van der Waals surface area contributed by atoms with E-state index in [1.165, 1.54) is 11.8 Å². The van der Waals surface area contributed by atoms with Gasteiger partial charge in [-0.2, -0.15) is 0 Å². The highest BCUT2D eigenvalue weighted by Crippen LogP contribution is 2.29. The molecule has 8 heteroatoms. The van der Waals surface area contributed by atoms with Gasteiger partial charge in [-0.3, -0.25) is 9.78 Å². The third-order valence-corrected chi connectivity index (χ3v) is 5.17. The fourth-order valence-electron chi connectivity index (χ4n) is 2.54. The highest BCUT2D eigenvalue weighted by atomic mass is 32.2. The number of anilines is 1. The number of amides is 1. The van der Waals surface area contributed by atoms with Crippen LogP contribution >= 0.6 is 11.8 Å². The Balaban J connectivity index is 1.72. The number of hydrogen-bond donors (Lipinski definition) is 1. The van der Waals surface area contributed by atoms with Gasteiger partial charge in [0.15, 0.2) is 11.0 Å². The van der Waals surface area contributed by atoms with Crippen molar-refractivity contribution in [1.29, 1.82) is 0 Å². The van der Waals surface area contributed by atoms with Crippen LogP contribution in [0.15, 0.2) is 47.9 Å². The number of carbonyl (C=O) groups is 1. The van der Waals surface area contributed by atoms with Crippen LogP contribution in [0.3, 0.4) is 0 Å². The van der Waals surface area contributed by atoms with Gasteiger partial charge in [-0.05, 0) is 43.7 Å². The molecule has 1 aromatic carbocycles. The van der Waals surface area contributed by atoms with Crippen LogP contribution in [0.25, 0.3) is 11.4 Å². The molecule has 0 saturated heterocycles. The molecule has 7 nitrogen and oxygen atoms in total. The first-order chi connectivity index (χ1) is 13.0. The number of hydrogen-bond acceptors (Lipinski definition) is 6. The van der Waals surface area contributed by atoms with Gasteiger partial charge >= 0.3 is 0 Å². The molecule has 0 aliphatic heterocycles. The number of aromatic nitrogens is 4. The average Bonchev–Trinajstić information content (AvgIpc) is 3.03. The second-order valence-corrected chi connectivity index (χ2v) is 7.36. The lowest BCUT2D eigenvalue weighted by atomic mass is 10.2. The van der Waals surface area contributed by atoms with Crippen LogP contribution in [-0.2, 0) is 11.8 Å². The molecular weight excluding hydrogens is 362 g/mol. The Kier molecular flexibility index (Phi) is 5.75. The van der Waals surface area contributed by atoms with Gasteiger partial charge in [0, 0.05) is 25.0 Å². The Labute approximate surface area is 162 Å². The zero-order valence-corrected chi connectivity index (χ0v) is 16.4. The molecule has 0 fully saturated rings. The van der Waals surface area contributed by atoms with Gasteiger partial charge < -0.3 is 14.6 Å². The number of nitrogens with one attached hydrogen (secondary N) is 1. The van der Waals surface area contributed by atoms with E-state index in [1.807, 2.05) is 55.8 Å². The summed E-state index contributed by atoms with van der Waals surface area (Å²) in [5, 5.41) is 11.7. The zero-order valence-electron chi connectivity index (χ0n) is 15.6. The van der Waals surface area contributed by atoms with Crippen LogP contribution in [0.5, 0.6) is 5.75 Å². The molecule has 0 saturated carbocycles. The molecule has 0 radical (unpaired) electrons. The summed E-state index contributed by atoms with van der Waals surface area (Å²) in [4.78, 5) is 16.6. The maximum atomic E-state index is 12.6. The van der Waals surface area contributed by atoms with E-state index < -0.39 is 0 Å². The molecule has 2 aromatic heterocycles. The number of thioether (sulfide) groups is 1. The van der Waals surface area contributed by atoms with Gasteiger partial charge in [0.05, 0.1) is 18.0 Å². The van der Waals surface area contributed by atoms with Gasteiger partial charge in [0.1, 0.15) is 5.75 Å². The average molecular weight is 383 g/mol. The lowest BCUT2D eigenvalue weighted by Crippen LogP contribution is -2.23. The quantitative estimate of drug-likeness (QED) is 0.658. The Bertz CT molecular complexity index is 943. The molecule has 3 aromatic rings. The van der Waals surface area contributed by atoms with Crippen LogP contribution in [-0.4, -0.2) is 38.0 Å². The van der Waals surface area contributed by atoms with E-state index >= 15 is 0 Å². The van der Waals surface area contributed by atoms with Gasteiger partial charge in [-0.25, -0.2) is 0 Å². The van der Waals surface area contributed by atoms with E-state index in [0.717, 1.165) is 17.0 Å². The predicted molar refractivity (Wildman–Crippen MR) is 106 cm³/mol. The standard InChI is InChI=1S/C19H21N5O2S/c1-12-5-6-16(26-4)15(11-12)21-18(25)13(2)27-19-23-22-17(24(19)3)14-7-9-20-10-8-14/h5-11,13H,1-4H3,(H,21,25)/t13-/m0/s1. The van der Waals surface area contributed by atoms with Crippen molar-refractivity contribution in [3.8, 4) is 17.1 Å². The number of pyridine rings is 1. The van der Waals surface area contributed by atoms with Crippen LogP contribution in [0.2, 0.25) is 0 Å². The van der Waals surface area contributed by atoms with Crippen molar-refractivity contribution in [2.45, 2.75) is 24.3 Å². The molecule has 1 atom stereocenters. The van der Waals surface area contributed by atoms with E-state index in [1.54, 1.807) is 19.5 Å². The van der Waals surface area contributed by atoms with Gasteiger partial charge in [0.25, 0.3) is 0 Å². The molecule has 140 valence electrons. The number of nitrogens with zero attached hydrogens (tertiary/aromatic N) is 4. The first-order valence-electron chi connectivity index (χ1n) is 8.41. The number of rotatable bonds is 6. The topological polar surface area (TPSA) is 81.9 Å². The first kappa shape index (κ1) is 18.9. The minimum absolute atomic E-state index is 0.127. The normalized spacial score (nSPS) is 11.9. The summed E-state index contributed by atoms with van der Waals surface area (Å²) < 4.78 is 7.19. The minimum atomic E-state index is -0.358. The van der Waals surface area contributed by atoms with Crippen molar-refractivity contribution in [3.05, 3.63) is 48.3 Å². The number of methoxy groups -OCH3 is 1. The minimum Gasteiger partial charge on any atom is -0.495 e. The van der Waals surface area contributed by atoms with Gasteiger partial charge in [-0.15, -0.1) is 10.2 Å². The molecule has 1 N–H and O–H groups in total. The summed E-state index contributed by atoms with van der Waals surface area (Å²) >= 11 is 1.35. The third kappa shape index (κ3) is 4.28. The molecule has 0 unspecified atom stereocenters. The van der Waals surface area contributed by atoms with E-state index in [2.05, 4.69) is 20.5 Å². The number of ether oxygens (including phenoxy) is 1. The molecule has 0 bridgehead atoms. The number of carbonyl (C=O) groups excluding carboxylic acids is 1. The highest BCUT2D eigenvalue weighted by molar-refractivity contribution is 8.00. The summed E-state index contributed by atoms with van der Waals surface area (Å²) in [5.74, 6) is 1.23. The van der Waals surface area contributed by atoms with E-state index in [4.69, 9.17) is 4.74 Å². The van der Waals surface area contributed by atoms with E-state index in [9.17, 15) is 4.79 Å². The van der Waals surface area contributed by atoms with Crippen LogP contribution < -0.4 is 10.1 Å². The third-order valence-electron chi connectivity index (χ3n) is 4.04. The molecule has 2 heterocycles. The molecule has 1 amide bonds. The van der Waals surface area contributed by atoms with Crippen LogP contribution in [0.4, 0.5) is 5.69 Å². The number of benzene rings is 1. The zero-order chi connectivity index (χ0) is 19.4. The van der Waals surface area contributed by atoms with Gasteiger partial charge in [0.2, 0.25) is 5.91 Å². The lowest BCUT2D eigenvalue weighted by Gasteiger charge is -2.14. The molecule has 0 aliphatic rings. The van der Waals surface area contributed by atoms with Crippen molar-refractivity contribution in [2.75, 3.05) is 12.4 Å². The Morgan fingerprint density at radius 1 is 1.22 bits per heavy atom. The first-order valence-corrected chi connectivity index (χ1v) is 9.29. The Hall–Kier alpha value is -2.87. The lowest BCUT2D eigenvalue weighted by molar-refractivity contribution is -0.115. The summed E-state index contributed by atoms with van der Waals surface area (Å²) in [6.07, 6.45) is 3.42. The fraction of sp³-hybridized carbons (Fsp3) is 0.263. The predicted octanol–water partition coefficient (Wildman–Crippen LogP) is 3.31. The summed E-state index contributed by atoms with van der Waals surface area (Å²) in [6, 6.07) is 9.41. The highest BCUT2D eigenvalue weighted by Gasteiger charge is 2.20. The monoisotopic (exact) mass is 383 g/mol. The largest absolute Gasteiger partial charge is 0.495 e. The molecular formula is C19H21N5O2S. The van der Waals surface area contributed by atoms with Crippen molar-refractivity contribution >= 4 is 23.4 Å². The van der Waals surface area contributed by atoms with Crippen molar-refractivity contribution in [3.63, 3.8) is 0 Å².